The topological polar surface area (TPSA) is 32.7 Å². The fraction of sp³-hybridized carbons (Fsp3) is 0.538. The molecule has 1 N–H and O–H groups in total. The van der Waals surface area contributed by atoms with Crippen LogP contribution in [0.25, 0.3) is 0 Å². The van der Waals surface area contributed by atoms with E-state index in [0.717, 1.165) is 26.2 Å². The maximum atomic E-state index is 8.55. The average Bonchev–Trinajstić information content (AvgIpc) is 2.28. The van der Waals surface area contributed by atoms with E-state index in [9.17, 15) is 0 Å². The molecule has 88 valence electrons. The number of nitrogens with zero attached hydrogens (tertiary/aromatic N) is 1. The van der Waals surface area contributed by atoms with Gasteiger partial charge in [0.15, 0.2) is 0 Å². The minimum absolute atomic E-state index is 0.118. The molecule has 0 radical (unpaired) electrons. The summed E-state index contributed by atoms with van der Waals surface area (Å²) in [6.45, 7) is 4.53. The highest BCUT2D eigenvalue weighted by atomic mass is 16.5. The van der Waals surface area contributed by atoms with Crippen molar-refractivity contribution in [2.45, 2.75) is 5.92 Å². The number of aliphatic hydroxyl groups is 1. The second kappa shape index (κ2) is 5.99. The van der Waals surface area contributed by atoms with Crippen molar-refractivity contribution in [1.82, 2.24) is 4.90 Å². The van der Waals surface area contributed by atoms with Crippen LogP contribution in [0, 0.1) is 0 Å². The van der Waals surface area contributed by atoms with Gasteiger partial charge in [0.1, 0.15) is 0 Å². The minimum Gasteiger partial charge on any atom is -0.394 e. The van der Waals surface area contributed by atoms with Crippen LogP contribution in [0.3, 0.4) is 0 Å². The lowest BCUT2D eigenvalue weighted by atomic mass is 9.92. The van der Waals surface area contributed by atoms with Gasteiger partial charge in [-0.2, -0.15) is 0 Å². The van der Waals surface area contributed by atoms with E-state index < -0.39 is 0 Å². The van der Waals surface area contributed by atoms with Crippen molar-refractivity contribution in [1.29, 1.82) is 0 Å². The highest BCUT2D eigenvalue weighted by Crippen LogP contribution is 2.25. The summed E-state index contributed by atoms with van der Waals surface area (Å²) in [5.41, 5.74) is 1.44. The molecule has 1 fully saturated rings. The van der Waals surface area contributed by atoms with Gasteiger partial charge < -0.3 is 9.84 Å². The summed E-state index contributed by atoms with van der Waals surface area (Å²) in [5, 5.41) is 8.55. The van der Waals surface area contributed by atoms with Crippen LogP contribution in [-0.2, 0) is 4.74 Å². The predicted molar refractivity (Wildman–Crippen MR) is 63.5 cm³/mol. The Bertz CT molecular complexity index is 296. The zero-order valence-electron chi connectivity index (χ0n) is 9.51. The molecule has 1 aliphatic heterocycles. The van der Waals surface area contributed by atoms with Gasteiger partial charge in [-0.1, -0.05) is 30.3 Å². The first-order valence-electron chi connectivity index (χ1n) is 5.86. The van der Waals surface area contributed by atoms with Gasteiger partial charge in [-0.3, -0.25) is 4.90 Å². The molecule has 0 saturated carbocycles. The lowest BCUT2D eigenvalue weighted by molar-refractivity contribution is 0.0518. The Morgan fingerprint density at radius 2 is 1.94 bits per heavy atom. The number of benzene rings is 1. The molecule has 0 aliphatic carbocycles. The fourth-order valence-corrected chi connectivity index (χ4v) is 2.05. The number of hydrogen-bond acceptors (Lipinski definition) is 3. The van der Waals surface area contributed by atoms with Gasteiger partial charge in [-0.05, 0) is 5.56 Å². The van der Waals surface area contributed by atoms with Crippen molar-refractivity contribution in [3.63, 3.8) is 0 Å². The van der Waals surface area contributed by atoms with Gasteiger partial charge in [-0.25, -0.2) is 0 Å². The predicted octanol–water partition coefficient (Wildman–Crippen LogP) is 1.09. The third kappa shape index (κ3) is 3.04. The number of likely N-dealkylation sites (tertiary alicyclic amines) is 1. The molecule has 3 heteroatoms. The smallest absolute Gasteiger partial charge is 0.0698 e. The molecule has 1 aromatic rings. The molecule has 0 amide bonds. The Kier molecular flexibility index (Phi) is 4.34. The van der Waals surface area contributed by atoms with Gasteiger partial charge in [0, 0.05) is 25.6 Å². The Hall–Kier alpha value is -0.900. The second-order valence-electron chi connectivity index (χ2n) is 4.20. The van der Waals surface area contributed by atoms with Crippen LogP contribution in [0.4, 0.5) is 0 Å². The molecule has 16 heavy (non-hydrogen) atoms. The molecule has 1 heterocycles. The molecule has 1 aliphatic rings. The number of ether oxygens (including phenoxy) is 1. The van der Waals surface area contributed by atoms with E-state index in [-0.39, 0.29) is 6.61 Å². The van der Waals surface area contributed by atoms with Crippen molar-refractivity contribution in [3.8, 4) is 0 Å². The van der Waals surface area contributed by atoms with Gasteiger partial charge in [-0.15, -0.1) is 0 Å². The third-order valence-corrected chi connectivity index (χ3v) is 3.02. The molecule has 0 bridgehead atoms. The standard InChI is InChI=1S/C13H19NO2/c15-7-9-16-8-6-14-10-13(11-14)12-4-2-1-3-5-12/h1-5,13,15H,6-11H2. The average molecular weight is 221 g/mol. The quantitative estimate of drug-likeness (QED) is 0.730. The summed E-state index contributed by atoms with van der Waals surface area (Å²) >= 11 is 0. The van der Waals surface area contributed by atoms with E-state index in [1.807, 2.05) is 0 Å². The molecule has 0 atom stereocenters. The van der Waals surface area contributed by atoms with Crippen molar-refractivity contribution in [3.05, 3.63) is 35.9 Å². The summed E-state index contributed by atoms with van der Waals surface area (Å²) in [6.07, 6.45) is 0. The maximum Gasteiger partial charge on any atom is 0.0698 e. The van der Waals surface area contributed by atoms with E-state index in [0.29, 0.717) is 12.5 Å². The minimum atomic E-state index is 0.118. The molecule has 2 rings (SSSR count). The van der Waals surface area contributed by atoms with E-state index in [4.69, 9.17) is 9.84 Å². The Morgan fingerprint density at radius 3 is 2.62 bits per heavy atom. The second-order valence-corrected chi connectivity index (χ2v) is 4.20. The number of hydrogen-bond donors (Lipinski definition) is 1. The van der Waals surface area contributed by atoms with Crippen molar-refractivity contribution in [2.75, 3.05) is 39.5 Å². The summed E-state index contributed by atoms with van der Waals surface area (Å²) in [5.74, 6) is 0.694. The SMILES string of the molecule is OCCOCCN1CC(c2ccccc2)C1. The molecular weight excluding hydrogens is 202 g/mol. The lowest BCUT2D eigenvalue weighted by Gasteiger charge is -2.39. The summed E-state index contributed by atoms with van der Waals surface area (Å²) in [7, 11) is 0. The van der Waals surface area contributed by atoms with Crippen molar-refractivity contribution in [2.24, 2.45) is 0 Å². The Morgan fingerprint density at radius 1 is 1.19 bits per heavy atom. The van der Waals surface area contributed by atoms with Crippen LogP contribution in [0.1, 0.15) is 11.5 Å². The highest BCUT2D eigenvalue weighted by molar-refractivity contribution is 5.22. The lowest BCUT2D eigenvalue weighted by Crippen LogP contribution is -2.46. The first kappa shape index (κ1) is 11.6. The molecule has 3 nitrogen and oxygen atoms in total. The summed E-state index contributed by atoms with van der Waals surface area (Å²) in [4.78, 5) is 2.38. The molecule has 0 unspecified atom stereocenters. The van der Waals surface area contributed by atoms with Gasteiger partial charge in [0.2, 0.25) is 0 Å². The van der Waals surface area contributed by atoms with Crippen LogP contribution >= 0.6 is 0 Å². The van der Waals surface area contributed by atoms with Crippen LogP contribution in [0.2, 0.25) is 0 Å². The Balaban J connectivity index is 1.63. The van der Waals surface area contributed by atoms with E-state index >= 15 is 0 Å². The molecule has 0 spiro atoms. The molecule has 1 aromatic carbocycles. The maximum absolute atomic E-state index is 8.55. The molecule has 0 aromatic heterocycles. The van der Waals surface area contributed by atoms with E-state index in [2.05, 4.69) is 35.2 Å². The Labute approximate surface area is 96.6 Å². The summed E-state index contributed by atoms with van der Waals surface area (Å²) in [6, 6.07) is 10.7. The summed E-state index contributed by atoms with van der Waals surface area (Å²) < 4.78 is 5.24. The highest BCUT2D eigenvalue weighted by Gasteiger charge is 2.26. The van der Waals surface area contributed by atoms with Crippen molar-refractivity contribution >= 4 is 0 Å². The normalized spacial score (nSPS) is 17.3. The number of aliphatic hydroxyl groups excluding tert-OH is 1. The van der Waals surface area contributed by atoms with Crippen LogP contribution in [0.5, 0.6) is 0 Å². The zero-order chi connectivity index (χ0) is 11.2. The van der Waals surface area contributed by atoms with Gasteiger partial charge in [0.05, 0.1) is 19.8 Å². The third-order valence-electron chi connectivity index (χ3n) is 3.02. The van der Waals surface area contributed by atoms with E-state index in [1.165, 1.54) is 5.56 Å². The molecule has 1 saturated heterocycles. The van der Waals surface area contributed by atoms with Crippen LogP contribution < -0.4 is 0 Å². The van der Waals surface area contributed by atoms with Gasteiger partial charge >= 0.3 is 0 Å². The zero-order valence-corrected chi connectivity index (χ0v) is 9.51. The number of rotatable bonds is 6. The first-order valence-corrected chi connectivity index (χ1v) is 5.86. The first-order chi connectivity index (χ1) is 7.90. The monoisotopic (exact) mass is 221 g/mol. The van der Waals surface area contributed by atoms with Crippen molar-refractivity contribution < 1.29 is 9.84 Å². The van der Waals surface area contributed by atoms with Crippen LogP contribution in [0.15, 0.2) is 30.3 Å². The van der Waals surface area contributed by atoms with Gasteiger partial charge in [0.25, 0.3) is 0 Å². The van der Waals surface area contributed by atoms with Crippen LogP contribution in [-0.4, -0.2) is 49.5 Å². The van der Waals surface area contributed by atoms with E-state index in [1.54, 1.807) is 0 Å². The fourth-order valence-electron chi connectivity index (χ4n) is 2.05. The largest absolute Gasteiger partial charge is 0.394 e. The molecular formula is C13H19NO2.